The van der Waals surface area contributed by atoms with Gasteiger partial charge in [0.05, 0.1) is 15.5 Å². The minimum atomic E-state index is -0.321. The van der Waals surface area contributed by atoms with Crippen molar-refractivity contribution < 1.29 is 9.59 Å². The number of fused-ring (bicyclic) bond motifs is 1. The maximum Gasteiger partial charge on any atom is 0.231 e. The van der Waals surface area contributed by atoms with Crippen LogP contribution in [0.3, 0.4) is 0 Å². The lowest BCUT2D eigenvalue weighted by Gasteiger charge is -2.09. The molecule has 1 N–H and O–H groups in total. The van der Waals surface area contributed by atoms with Crippen LogP contribution in [-0.2, 0) is 16.6 Å². The number of halogens is 1. The van der Waals surface area contributed by atoms with Crippen LogP contribution in [0.2, 0.25) is 0 Å². The van der Waals surface area contributed by atoms with Crippen molar-refractivity contribution in [2.75, 3.05) is 5.32 Å². The number of amides is 1. The van der Waals surface area contributed by atoms with E-state index in [0.29, 0.717) is 14.6 Å². The van der Waals surface area contributed by atoms with Crippen LogP contribution in [0.25, 0.3) is 10.9 Å². The van der Waals surface area contributed by atoms with Crippen LogP contribution >= 0.6 is 22.6 Å². The van der Waals surface area contributed by atoms with Gasteiger partial charge in [-0.3, -0.25) is 14.4 Å². The summed E-state index contributed by atoms with van der Waals surface area (Å²) in [5, 5.41) is 3.26. The molecule has 2 aromatic rings. The molecular formula is C16H15IN2O3. The highest BCUT2D eigenvalue weighted by molar-refractivity contribution is 14.1. The second-order valence-electron chi connectivity index (χ2n) is 5.61. The van der Waals surface area contributed by atoms with Crippen LogP contribution in [0.15, 0.2) is 29.2 Å². The predicted octanol–water partition coefficient (Wildman–Crippen LogP) is 2.45. The van der Waals surface area contributed by atoms with Crippen molar-refractivity contribution in [3.63, 3.8) is 0 Å². The first-order chi connectivity index (χ1) is 10.5. The molecule has 0 radical (unpaired) electrons. The number of hydrogen-bond acceptors (Lipinski definition) is 3. The van der Waals surface area contributed by atoms with Crippen molar-refractivity contribution in [3.8, 4) is 0 Å². The first-order valence-electron chi connectivity index (χ1n) is 7.07. The Hall–Kier alpha value is -1.70. The van der Waals surface area contributed by atoms with Gasteiger partial charge in [0.1, 0.15) is 5.78 Å². The molecule has 1 aliphatic carbocycles. The largest absolute Gasteiger partial charge is 0.349 e. The summed E-state index contributed by atoms with van der Waals surface area (Å²) in [5.41, 5.74) is 1.29. The van der Waals surface area contributed by atoms with E-state index in [2.05, 4.69) is 5.32 Å². The number of nitrogens with zero attached hydrogens (tertiary/aromatic N) is 1. The van der Waals surface area contributed by atoms with Gasteiger partial charge in [0, 0.05) is 30.2 Å². The molecule has 1 aliphatic rings. The zero-order valence-corrected chi connectivity index (χ0v) is 14.2. The van der Waals surface area contributed by atoms with Crippen molar-refractivity contribution in [1.82, 2.24) is 4.57 Å². The van der Waals surface area contributed by atoms with Crippen LogP contribution in [-0.4, -0.2) is 16.3 Å². The topological polar surface area (TPSA) is 68.2 Å². The van der Waals surface area contributed by atoms with E-state index in [9.17, 15) is 14.4 Å². The SMILES string of the molecule is Cn1cc(I)c(=O)c2cc(NC(=O)CC(=O)C3CC3)ccc21. The lowest BCUT2D eigenvalue weighted by atomic mass is 10.1. The Morgan fingerprint density at radius 2 is 2.09 bits per heavy atom. The maximum absolute atomic E-state index is 12.2. The number of aryl methyl sites for hydroxylation is 1. The van der Waals surface area contributed by atoms with Crippen LogP contribution in [0, 0.1) is 9.49 Å². The number of carbonyl (C=O) groups excluding carboxylic acids is 2. The smallest absolute Gasteiger partial charge is 0.231 e. The average Bonchev–Trinajstić information content (AvgIpc) is 3.29. The molecule has 6 heteroatoms. The number of Topliss-reactive ketones (excluding diaryl/α,β-unsaturated/α-hetero) is 1. The molecule has 1 heterocycles. The molecule has 0 aliphatic heterocycles. The summed E-state index contributed by atoms with van der Waals surface area (Å²) in [7, 11) is 1.87. The Labute approximate surface area is 140 Å². The van der Waals surface area contributed by atoms with Gasteiger partial charge in [0.2, 0.25) is 11.3 Å². The van der Waals surface area contributed by atoms with E-state index < -0.39 is 0 Å². The van der Waals surface area contributed by atoms with Crippen LogP contribution in [0.5, 0.6) is 0 Å². The van der Waals surface area contributed by atoms with Gasteiger partial charge in [0.25, 0.3) is 0 Å². The summed E-state index contributed by atoms with van der Waals surface area (Å²) in [5.74, 6) is -0.237. The maximum atomic E-state index is 12.2. The zero-order chi connectivity index (χ0) is 15.9. The Morgan fingerprint density at radius 3 is 2.77 bits per heavy atom. The van der Waals surface area contributed by atoms with Crippen LogP contribution in [0.4, 0.5) is 5.69 Å². The summed E-state index contributed by atoms with van der Waals surface area (Å²) in [6.45, 7) is 0. The summed E-state index contributed by atoms with van der Waals surface area (Å²) >= 11 is 2.00. The van der Waals surface area contributed by atoms with Gasteiger partial charge in [-0.15, -0.1) is 0 Å². The summed E-state index contributed by atoms with van der Waals surface area (Å²) in [6.07, 6.45) is 3.48. The molecular weight excluding hydrogens is 395 g/mol. The molecule has 1 saturated carbocycles. The summed E-state index contributed by atoms with van der Waals surface area (Å²) in [4.78, 5) is 35.7. The number of rotatable bonds is 4. The zero-order valence-electron chi connectivity index (χ0n) is 12.1. The first-order valence-corrected chi connectivity index (χ1v) is 8.15. The minimum absolute atomic E-state index is 0.00347. The van der Waals surface area contributed by atoms with E-state index in [1.165, 1.54) is 0 Å². The number of carbonyl (C=O) groups is 2. The second kappa shape index (κ2) is 5.83. The lowest BCUT2D eigenvalue weighted by Crippen LogP contribution is -2.18. The molecule has 0 spiro atoms. The van der Waals surface area contributed by atoms with Crippen LogP contribution in [0.1, 0.15) is 19.3 Å². The van der Waals surface area contributed by atoms with Gasteiger partial charge in [-0.05, 0) is 53.6 Å². The fourth-order valence-electron chi connectivity index (χ4n) is 2.44. The molecule has 1 fully saturated rings. The third-order valence-electron chi connectivity index (χ3n) is 3.80. The van der Waals surface area contributed by atoms with E-state index in [0.717, 1.165) is 18.4 Å². The van der Waals surface area contributed by atoms with Crippen molar-refractivity contribution in [2.24, 2.45) is 13.0 Å². The molecule has 5 nitrogen and oxygen atoms in total. The summed E-state index contributed by atoms with van der Waals surface area (Å²) in [6, 6.07) is 5.21. The predicted molar refractivity (Wildman–Crippen MR) is 92.9 cm³/mol. The fourth-order valence-corrected chi connectivity index (χ4v) is 3.15. The minimum Gasteiger partial charge on any atom is -0.349 e. The number of benzene rings is 1. The van der Waals surface area contributed by atoms with E-state index in [1.54, 1.807) is 24.4 Å². The highest BCUT2D eigenvalue weighted by atomic mass is 127. The standard InChI is InChI=1S/C16H15IN2O3/c1-19-8-12(17)16(22)11-6-10(4-5-13(11)19)18-15(21)7-14(20)9-2-3-9/h4-6,8-9H,2-3,7H2,1H3,(H,18,21). The number of hydrogen-bond donors (Lipinski definition) is 1. The Kier molecular flexibility index (Phi) is 4.03. The molecule has 0 atom stereocenters. The van der Waals surface area contributed by atoms with E-state index in [4.69, 9.17) is 0 Å². The third kappa shape index (κ3) is 3.06. The Bertz CT molecular complexity index is 837. The molecule has 0 bridgehead atoms. The van der Waals surface area contributed by atoms with Gasteiger partial charge in [-0.25, -0.2) is 0 Å². The monoisotopic (exact) mass is 410 g/mol. The molecule has 1 aromatic carbocycles. The molecule has 114 valence electrons. The van der Waals surface area contributed by atoms with Gasteiger partial charge in [-0.2, -0.15) is 0 Å². The van der Waals surface area contributed by atoms with E-state index >= 15 is 0 Å². The van der Waals surface area contributed by atoms with Crippen molar-refractivity contribution >= 4 is 50.9 Å². The van der Waals surface area contributed by atoms with Gasteiger partial charge >= 0.3 is 0 Å². The van der Waals surface area contributed by atoms with Gasteiger partial charge in [0.15, 0.2) is 0 Å². The quantitative estimate of drug-likeness (QED) is 0.622. The van der Waals surface area contributed by atoms with Crippen LogP contribution < -0.4 is 10.7 Å². The second-order valence-corrected chi connectivity index (χ2v) is 6.78. The molecule has 0 unspecified atom stereocenters. The third-order valence-corrected chi connectivity index (χ3v) is 4.56. The molecule has 22 heavy (non-hydrogen) atoms. The number of ketones is 1. The van der Waals surface area contributed by atoms with E-state index in [1.807, 2.05) is 34.2 Å². The average molecular weight is 410 g/mol. The number of nitrogens with one attached hydrogen (secondary N) is 1. The highest BCUT2D eigenvalue weighted by Gasteiger charge is 2.30. The Balaban J connectivity index is 1.85. The fraction of sp³-hybridized carbons (Fsp3) is 0.312. The molecule has 1 aromatic heterocycles. The number of aromatic nitrogens is 1. The number of anilines is 1. The summed E-state index contributed by atoms with van der Waals surface area (Å²) < 4.78 is 2.50. The molecule has 1 amide bonds. The molecule has 0 saturated heterocycles. The molecule has 3 rings (SSSR count). The van der Waals surface area contributed by atoms with Crippen molar-refractivity contribution in [1.29, 1.82) is 0 Å². The van der Waals surface area contributed by atoms with Gasteiger partial charge in [-0.1, -0.05) is 0 Å². The van der Waals surface area contributed by atoms with Crippen molar-refractivity contribution in [3.05, 3.63) is 38.2 Å². The van der Waals surface area contributed by atoms with Crippen molar-refractivity contribution in [2.45, 2.75) is 19.3 Å². The normalized spacial score (nSPS) is 14.1. The first kappa shape index (κ1) is 15.2. The lowest BCUT2D eigenvalue weighted by molar-refractivity contribution is -0.126. The number of pyridine rings is 1. The highest BCUT2D eigenvalue weighted by Crippen LogP contribution is 2.30. The van der Waals surface area contributed by atoms with Gasteiger partial charge < -0.3 is 9.88 Å². The van der Waals surface area contributed by atoms with E-state index in [-0.39, 0.29) is 29.5 Å². The Morgan fingerprint density at radius 1 is 1.36 bits per heavy atom.